The van der Waals surface area contributed by atoms with Crippen LogP contribution in [0.25, 0.3) is 0 Å². The minimum Gasteiger partial charge on any atom is -0.467 e. The third-order valence-electron chi connectivity index (χ3n) is 6.99. The molecule has 1 N–H and O–H groups in total. The highest BCUT2D eigenvalue weighted by Gasteiger charge is 2.26. The summed E-state index contributed by atoms with van der Waals surface area (Å²) in [6.45, 7) is 6.27. The van der Waals surface area contributed by atoms with Crippen LogP contribution in [0.5, 0.6) is 0 Å². The molecule has 4 heteroatoms. The molecule has 0 spiro atoms. The Kier molecular flexibility index (Phi) is 23.3. The van der Waals surface area contributed by atoms with Gasteiger partial charge in [0.05, 0.1) is 7.11 Å². The number of unbranched alkanes of at least 4 members (excludes halogenated alkanes) is 18. The van der Waals surface area contributed by atoms with Crippen LogP contribution in [0.2, 0.25) is 0 Å². The zero-order valence-corrected chi connectivity index (χ0v) is 22.7. The molecule has 0 radical (unpaired) electrons. The van der Waals surface area contributed by atoms with E-state index >= 15 is 0 Å². The summed E-state index contributed by atoms with van der Waals surface area (Å²) < 4.78 is 4.83. The summed E-state index contributed by atoms with van der Waals surface area (Å²) in [6.07, 6.45) is 26.9. The molecule has 2 atom stereocenters. The second-order valence-corrected chi connectivity index (χ2v) is 10.1. The molecule has 0 aliphatic carbocycles. The van der Waals surface area contributed by atoms with Gasteiger partial charge in [-0.3, -0.25) is 4.79 Å². The summed E-state index contributed by atoms with van der Waals surface area (Å²) in [5.41, 5.74) is 0. The van der Waals surface area contributed by atoms with Crippen LogP contribution in [-0.2, 0) is 14.3 Å². The van der Waals surface area contributed by atoms with Crippen LogP contribution in [0.3, 0.4) is 0 Å². The minimum atomic E-state index is -0.521. The van der Waals surface area contributed by atoms with Crippen LogP contribution in [0, 0.1) is 5.92 Å². The van der Waals surface area contributed by atoms with E-state index in [0.29, 0.717) is 6.42 Å². The van der Waals surface area contributed by atoms with Crippen LogP contribution in [0.15, 0.2) is 0 Å². The molecular formula is C29H57NO3. The van der Waals surface area contributed by atoms with Crippen molar-refractivity contribution >= 4 is 11.9 Å². The number of nitrogens with one attached hydrogen (secondary N) is 1. The third-order valence-corrected chi connectivity index (χ3v) is 6.99. The third kappa shape index (κ3) is 20.1. The standard InChI is InChI=1S/C29H57NO3/c1-5-7-8-9-10-11-12-13-14-15-16-17-18-19-20-21-22-23-24-25-27(31)30-28(26(3)6-2)29(32)33-4/h26,28H,5-25H2,1-4H3,(H,30,31)/t26?,28-/m0/s1. The molecule has 0 heterocycles. The fraction of sp³-hybridized carbons (Fsp3) is 0.931. The van der Waals surface area contributed by atoms with Crippen molar-refractivity contribution in [2.24, 2.45) is 5.92 Å². The van der Waals surface area contributed by atoms with Crippen molar-refractivity contribution < 1.29 is 14.3 Å². The molecule has 0 aliphatic heterocycles. The van der Waals surface area contributed by atoms with E-state index in [-0.39, 0.29) is 17.8 Å². The normalized spacial score (nSPS) is 13.0. The van der Waals surface area contributed by atoms with E-state index in [0.717, 1.165) is 19.3 Å². The van der Waals surface area contributed by atoms with Gasteiger partial charge in [-0.1, -0.05) is 143 Å². The van der Waals surface area contributed by atoms with Crippen LogP contribution in [-0.4, -0.2) is 25.0 Å². The quantitative estimate of drug-likeness (QED) is 0.114. The lowest BCUT2D eigenvalue weighted by molar-refractivity contribution is -0.146. The molecule has 0 fully saturated rings. The van der Waals surface area contributed by atoms with Crippen molar-refractivity contribution in [3.63, 3.8) is 0 Å². The van der Waals surface area contributed by atoms with Crippen LogP contribution in [0.1, 0.15) is 156 Å². The number of rotatable bonds is 24. The molecule has 0 rings (SSSR count). The van der Waals surface area contributed by atoms with Gasteiger partial charge in [-0.25, -0.2) is 4.79 Å². The second-order valence-electron chi connectivity index (χ2n) is 10.1. The van der Waals surface area contributed by atoms with Gasteiger partial charge in [0, 0.05) is 6.42 Å². The Hall–Kier alpha value is -1.06. The van der Waals surface area contributed by atoms with Gasteiger partial charge in [-0.2, -0.15) is 0 Å². The Balaban J connectivity index is 3.41. The van der Waals surface area contributed by atoms with E-state index < -0.39 is 6.04 Å². The van der Waals surface area contributed by atoms with Gasteiger partial charge < -0.3 is 10.1 Å². The zero-order chi connectivity index (χ0) is 24.6. The van der Waals surface area contributed by atoms with Crippen molar-refractivity contribution in [1.29, 1.82) is 0 Å². The van der Waals surface area contributed by atoms with Gasteiger partial charge in [-0.05, 0) is 12.3 Å². The maximum absolute atomic E-state index is 12.2. The summed E-state index contributed by atoms with van der Waals surface area (Å²) in [7, 11) is 1.38. The molecule has 1 amide bonds. The fourth-order valence-corrected chi connectivity index (χ4v) is 4.41. The first-order valence-corrected chi connectivity index (χ1v) is 14.4. The Morgan fingerprint density at radius 2 is 1.00 bits per heavy atom. The zero-order valence-electron chi connectivity index (χ0n) is 22.7. The monoisotopic (exact) mass is 467 g/mol. The van der Waals surface area contributed by atoms with E-state index in [4.69, 9.17) is 4.74 Å². The van der Waals surface area contributed by atoms with Crippen molar-refractivity contribution in [2.45, 2.75) is 162 Å². The van der Waals surface area contributed by atoms with Gasteiger partial charge in [0.25, 0.3) is 0 Å². The number of hydrogen-bond acceptors (Lipinski definition) is 3. The maximum atomic E-state index is 12.2. The lowest BCUT2D eigenvalue weighted by atomic mass is 9.99. The molecule has 0 saturated heterocycles. The summed E-state index contributed by atoms with van der Waals surface area (Å²) in [4.78, 5) is 24.0. The second kappa shape index (κ2) is 24.1. The van der Waals surface area contributed by atoms with E-state index in [9.17, 15) is 9.59 Å². The van der Waals surface area contributed by atoms with Crippen LogP contribution < -0.4 is 5.32 Å². The Morgan fingerprint density at radius 1 is 0.636 bits per heavy atom. The number of hydrogen-bond donors (Lipinski definition) is 1. The molecule has 196 valence electrons. The molecule has 4 nitrogen and oxygen atoms in total. The van der Waals surface area contributed by atoms with E-state index in [2.05, 4.69) is 12.2 Å². The summed E-state index contributed by atoms with van der Waals surface area (Å²) in [5, 5.41) is 2.86. The first-order valence-electron chi connectivity index (χ1n) is 14.4. The molecule has 33 heavy (non-hydrogen) atoms. The molecule has 0 aliphatic rings. The number of carbonyl (C=O) groups excluding carboxylic acids is 2. The van der Waals surface area contributed by atoms with Crippen LogP contribution >= 0.6 is 0 Å². The van der Waals surface area contributed by atoms with Crippen molar-refractivity contribution in [3.05, 3.63) is 0 Å². The lowest BCUT2D eigenvalue weighted by Gasteiger charge is -2.21. The molecule has 0 bridgehead atoms. The fourth-order valence-electron chi connectivity index (χ4n) is 4.41. The largest absolute Gasteiger partial charge is 0.467 e. The number of ether oxygens (including phenoxy) is 1. The number of esters is 1. The minimum absolute atomic E-state index is 0.0299. The predicted molar refractivity (Wildman–Crippen MR) is 141 cm³/mol. The van der Waals surface area contributed by atoms with Gasteiger partial charge in [0.15, 0.2) is 0 Å². The Labute approximate surface area is 206 Å². The average molecular weight is 468 g/mol. The highest BCUT2D eigenvalue weighted by Crippen LogP contribution is 2.15. The highest BCUT2D eigenvalue weighted by molar-refractivity contribution is 5.84. The summed E-state index contributed by atoms with van der Waals surface area (Å²) in [5.74, 6) is -0.282. The van der Waals surface area contributed by atoms with E-state index in [1.165, 1.54) is 116 Å². The highest BCUT2D eigenvalue weighted by atomic mass is 16.5. The first-order chi connectivity index (χ1) is 16.1. The molecular weight excluding hydrogens is 410 g/mol. The van der Waals surface area contributed by atoms with Crippen LogP contribution in [0.4, 0.5) is 0 Å². The number of methoxy groups -OCH3 is 1. The van der Waals surface area contributed by atoms with E-state index in [1.807, 2.05) is 13.8 Å². The number of amides is 1. The maximum Gasteiger partial charge on any atom is 0.328 e. The lowest BCUT2D eigenvalue weighted by Crippen LogP contribution is -2.45. The van der Waals surface area contributed by atoms with Crippen molar-refractivity contribution in [3.8, 4) is 0 Å². The van der Waals surface area contributed by atoms with Gasteiger partial charge >= 0.3 is 5.97 Å². The topological polar surface area (TPSA) is 55.4 Å². The van der Waals surface area contributed by atoms with Gasteiger partial charge in [0.1, 0.15) is 6.04 Å². The molecule has 0 aromatic carbocycles. The SMILES string of the molecule is CCCCCCCCCCCCCCCCCCCCCC(=O)N[C@H](C(=O)OC)C(C)CC. The number of carbonyl (C=O) groups is 2. The van der Waals surface area contributed by atoms with Crippen molar-refractivity contribution in [1.82, 2.24) is 5.32 Å². The molecule has 0 saturated carbocycles. The summed E-state index contributed by atoms with van der Waals surface area (Å²) >= 11 is 0. The summed E-state index contributed by atoms with van der Waals surface area (Å²) in [6, 6.07) is -0.521. The Bertz CT molecular complexity index is 452. The van der Waals surface area contributed by atoms with Gasteiger partial charge in [-0.15, -0.1) is 0 Å². The van der Waals surface area contributed by atoms with E-state index in [1.54, 1.807) is 0 Å². The average Bonchev–Trinajstić information content (AvgIpc) is 2.82. The van der Waals surface area contributed by atoms with Crippen molar-refractivity contribution in [2.75, 3.05) is 7.11 Å². The molecule has 0 aromatic rings. The smallest absolute Gasteiger partial charge is 0.328 e. The molecule has 1 unspecified atom stereocenters. The predicted octanol–water partition coefficient (Wildman–Crippen LogP) is 8.51. The Morgan fingerprint density at radius 3 is 1.33 bits per heavy atom. The first kappa shape index (κ1) is 31.9. The molecule has 0 aromatic heterocycles. The van der Waals surface area contributed by atoms with Gasteiger partial charge in [0.2, 0.25) is 5.91 Å².